The molecule has 0 aliphatic rings. The lowest BCUT2D eigenvalue weighted by Gasteiger charge is -2.18. The molecule has 67 heavy (non-hydrogen) atoms. The Hall–Kier alpha value is -3.15. The second kappa shape index (κ2) is 55.4. The summed E-state index contributed by atoms with van der Waals surface area (Å²) in [5.41, 5.74) is 0. The monoisotopic (exact) mass is 935 g/mol. The Kier molecular flexibility index (Phi) is 52.8. The first-order valence-corrected chi connectivity index (χ1v) is 28.4. The third-order valence-electron chi connectivity index (χ3n) is 12.2. The Morgan fingerprint density at radius 3 is 0.940 bits per heavy atom. The molecule has 6 heteroatoms. The number of carbonyl (C=O) groups excluding carboxylic acids is 3. The van der Waals surface area contributed by atoms with Crippen LogP contribution in [0.25, 0.3) is 0 Å². The molecule has 0 radical (unpaired) electrons. The van der Waals surface area contributed by atoms with Crippen LogP contribution in [-0.4, -0.2) is 37.2 Å². The summed E-state index contributed by atoms with van der Waals surface area (Å²) in [4.78, 5) is 38.0. The normalized spacial score (nSPS) is 12.6. The topological polar surface area (TPSA) is 78.9 Å². The van der Waals surface area contributed by atoms with Gasteiger partial charge in [0.2, 0.25) is 0 Å². The minimum Gasteiger partial charge on any atom is -0.462 e. The molecule has 0 spiro atoms. The van der Waals surface area contributed by atoms with Gasteiger partial charge in [0.15, 0.2) is 6.10 Å². The van der Waals surface area contributed by atoms with Gasteiger partial charge in [-0.25, -0.2) is 0 Å². The maximum Gasteiger partial charge on any atom is 0.306 e. The second-order valence-electron chi connectivity index (χ2n) is 18.8. The van der Waals surface area contributed by atoms with Gasteiger partial charge in [-0.15, -0.1) is 0 Å². The number of allylic oxidation sites excluding steroid dienone is 12. The van der Waals surface area contributed by atoms with Crippen molar-refractivity contribution < 1.29 is 28.6 Å². The number of hydrogen-bond acceptors (Lipinski definition) is 6. The summed E-state index contributed by atoms with van der Waals surface area (Å²) in [5, 5.41) is 0. The summed E-state index contributed by atoms with van der Waals surface area (Å²) in [6, 6.07) is 0. The standard InChI is InChI=1S/C61H106O6/c1-4-7-10-13-16-19-21-23-25-27-29-30-32-33-35-37-39-42-45-48-51-54-60(63)66-57-58(56-65-59(62)53-50-47-44-41-18-15-12-9-6-3)67-61(64)55-52-49-46-43-40-38-36-34-31-28-26-24-22-20-17-14-11-8-5-2/h8,11,17,20,24,26-27,29,31,34,38,40,58H,4-7,9-10,12-16,18-19,21-23,25,28,30,32-33,35-37,39,41-57H2,1-3H3/b11-8-,20-17-,26-24-,29-27-,34-31-,40-38-. The van der Waals surface area contributed by atoms with E-state index in [4.69, 9.17) is 14.2 Å². The third kappa shape index (κ3) is 53.7. The minimum atomic E-state index is -0.791. The van der Waals surface area contributed by atoms with Gasteiger partial charge in [-0.2, -0.15) is 0 Å². The second-order valence-corrected chi connectivity index (χ2v) is 18.8. The van der Waals surface area contributed by atoms with Crippen LogP contribution < -0.4 is 0 Å². The molecule has 0 amide bonds. The molecule has 0 bridgehead atoms. The fourth-order valence-electron chi connectivity index (χ4n) is 7.93. The minimum absolute atomic E-state index is 0.0879. The van der Waals surface area contributed by atoms with Crippen molar-refractivity contribution in [3.63, 3.8) is 0 Å². The molecule has 0 N–H and O–H groups in total. The molecule has 0 rings (SSSR count). The fourth-order valence-corrected chi connectivity index (χ4v) is 7.93. The van der Waals surface area contributed by atoms with Crippen molar-refractivity contribution in [2.24, 2.45) is 0 Å². The number of hydrogen-bond donors (Lipinski definition) is 0. The van der Waals surface area contributed by atoms with E-state index in [0.29, 0.717) is 19.3 Å². The zero-order chi connectivity index (χ0) is 48.6. The molecule has 0 saturated carbocycles. The van der Waals surface area contributed by atoms with Gasteiger partial charge >= 0.3 is 17.9 Å². The summed E-state index contributed by atoms with van der Waals surface area (Å²) in [7, 11) is 0. The van der Waals surface area contributed by atoms with E-state index in [9.17, 15) is 14.4 Å². The number of unbranched alkanes of at least 4 members (excludes halogenated alkanes) is 28. The summed E-state index contributed by atoms with van der Waals surface area (Å²) in [5.74, 6) is -0.918. The molecule has 0 saturated heterocycles. The molecule has 6 nitrogen and oxygen atoms in total. The Morgan fingerprint density at radius 2 is 0.582 bits per heavy atom. The molecule has 1 unspecified atom stereocenters. The Labute approximate surface area is 414 Å². The molecular weight excluding hydrogens is 829 g/mol. The lowest BCUT2D eigenvalue weighted by Crippen LogP contribution is -2.30. The number of esters is 3. The predicted octanol–water partition coefficient (Wildman–Crippen LogP) is 19.0. The lowest BCUT2D eigenvalue weighted by molar-refractivity contribution is -0.167. The van der Waals surface area contributed by atoms with Crippen molar-refractivity contribution >= 4 is 17.9 Å². The molecule has 0 fully saturated rings. The number of carbonyl (C=O) groups is 3. The van der Waals surface area contributed by atoms with Gasteiger partial charge in [-0.1, -0.05) is 241 Å². The van der Waals surface area contributed by atoms with Crippen LogP contribution in [0.3, 0.4) is 0 Å². The van der Waals surface area contributed by atoms with Crippen LogP contribution >= 0.6 is 0 Å². The van der Waals surface area contributed by atoms with Crippen LogP contribution in [0.1, 0.15) is 278 Å². The van der Waals surface area contributed by atoms with Crippen LogP contribution in [0.15, 0.2) is 72.9 Å². The lowest BCUT2D eigenvalue weighted by atomic mass is 10.1. The SMILES string of the molecule is CC/C=C\C/C=C\C/C=C\C/C=C\C/C=C\CCCCCC(=O)OC(COC(=O)CCCCCCCCCCC)COC(=O)CCCCCCCCCCC/C=C\CCCCCCCCCC. The molecule has 0 aromatic carbocycles. The third-order valence-corrected chi connectivity index (χ3v) is 12.2. The highest BCUT2D eigenvalue weighted by molar-refractivity contribution is 5.71. The summed E-state index contributed by atoms with van der Waals surface area (Å²) in [6.07, 6.45) is 70.4. The molecule has 0 aliphatic carbocycles. The fraction of sp³-hybridized carbons (Fsp3) is 0.754. The zero-order valence-corrected chi connectivity index (χ0v) is 44.2. The highest BCUT2D eigenvalue weighted by Crippen LogP contribution is 2.15. The average molecular weight is 936 g/mol. The number of ether oxygens (including phenoxy) is 3. The van der Waals surface area contributed by atoms with Gasteiger partial charge in [0.05, 0.1) is 0 Å². The maximum absolute atomic E-state index is 12.8. The van der Waals surface area contributed by atoms with Crippen molar-refractivity contribution in [2.75, 3.05) is 13.2 Å². The van der Waals surface area contributed by atoms with E-state index in [2.05, 4.69) is 93.7 Å². The molecule has 0 heterocycles. The van der Waals surface area contributed by atoms with Crippen LogP contribution in [0, 0.1) is 0 Å². The molecule has 386 valence electrons. The first-order chi connectivity index (χ1) is 33.0. The van der Waals surface area contributed by atoms with E-state index < -0.39 is 6.10 Å². The van der Waals surface area contributed by atoms with Crippen molar-refractivity contribution in [1.82, 2.24) is 0 Å². The molecular formula is C61H106O6. The smallest absolute Gasteiger partial charge is 0.306 e. The van der Waals surface area contributed by atoms with Crippen molar-refractivity contribution in [1.29, 1.82) is 0 Å². The maximum atomic E-state index is 12.8. The van der Waals surface area contributed by atoms with Gasteiger partial charge in [-0.05, 0) is 89.9 Å². The van der Waals surface area contributed by atoms with Crippen LogP contribution in [0.2, 0.25) is 0 Å². The van der Waals surface area contributed by atoms with Gasteiger partial charge < -0.3 is 14.2 Å². The van der Waals surface area contributed by atoms with E-state index in [1.807, 2.05) is 0 Å². The van der Waals surface area contributed by atoms with Crippen molar-refractivity contribution in [3.8, 4) is 0 Å². The van der Waals surface area contributed by atoms with Gasteiger partial charge in [-0.3, -0.25) is 14.4 Å². The zero-order valence-electron chi connectivity index (χ0n) is 44.2. The average Bonchev–Trinajstić information content (AvgIpc) is 3.33. The Morgan fingerprint density at radius 1 is 0.313 bits per heavy atom. The van der Waals surface area contributed by atoms with E-state index in [0.717, 1.165) is 96.3 Å². The highest BCUT2D eigenvalue weighted by Gasteiger charge is 2.19. The van der Waals surface area contributed by atoms with Crippen LogP contribution in [-0.2, 0) is 28.6 Å². The van der Waals surface area contributed by atoms with Gasteiger partial charge in [0.1, 0.15) is 13.2 Å². The quantitative estimate of drug-likeness (QED) is 0.0262. The van der Waals surface area contributed by atoms with Crippen molar-refractivity contribution in [2.45, 2.75) is 284 Å². The van der Waals surface area contributed by atoms with Crippen LogP contribution in [0.4, 0.5) is 0 Å². The first kappa shape index (κ1) is 63.8. The summed E-state index contributed by atoms with van der Waals surface area (Å²) >= 11 is 0. The summed E-state index contributed by atoms with van der Waals surface area (Å²) < 4.78 is 16.8. The molecule has 1 atom stereocenters. The summed E-state index contributed by atoms with van der Waals surface area (Å²) in [6.45, 7) is 6.49. The van der Waals surface area contributed by atoms with E-state index >= 15 is 0 Å². The van der Waals surface area contributed by atoms with Crippen LogP contribution in [0.5, 0.6) is 0 Å². The van der Waals surface area contributed by atoms with Gasteiger partial charge in [0.25, 0.3) is 0 Å². The van der Waals surface area contributed by atoms with Gasteiger partial charge in [0, 0.05) is 19.3 Å². The van der Waals surface area contributed by atoms with E-state index in [1.54, 1.807) is 0 Å². The largest absolute Gasteiger partial charge is 0.462 e. The van der Waals surface area contributed by atoms with E-state index in [1.165, 1.54) is 141 Å². The molecule has 0 aromatic heterocycles. The van der Waals surface area contributed by atoms with Crippen molar-refractivity contribution in [3.05, 3.63) is 72.9 Å². The number of rotatable bonds is 51. The Balaban J connectivity index is 4.33. The molecule has 0 aliphatic heterocycles. The molecule has 0 aromatic rings. The predicted molar refractivity (Wildman–Crippen MR) is 288 cm³/mol. The van der Waals surface area contributed by atoms with E-state index in [-0.39, 0.29) is 31.1 Å². The highest BCUT2D eigenvalue weighted by atomic mass is 16.6. The Bertz CT molecular complexity index is 1260. The first-order valence-electron chi connectivity index (χ1n) is 28.4.